The summed E-state index contributed by atoms with van der Waals surface area (Å²) in [6, 6.07) is 39.6. The van der Waals surface area contributed by atoms with Gasteiger partial charge in [-0.15, -0.1) is 0 Å². The molecule has 0 saturated heterocycles. The van der Waals surface area contributed by atoms with E-state index in [1.807, 2.05) is 0 Å². The van der Waals surface area contributed by atoms with Crippen molar-refractivity contribution >= 4 is 39.3 Å². The molecule has 0 saturated carbocycles. The fourth-order valence-corrected chi connectivity index (χ4v) is 6.45. The molecule has 0 heterocycles. The van der Waals surface area contributed by atoms with Crippen LogP contribution in [0.4, 0.5) is 0 Å². The summed E-state index contributed by atoms with van der Waals surface area (Å²) in [6.07, 6.45) is 0. The molecule has 0 fully saturated rings. The van der Waals surface area contributed by atoms with E-state index in [9.17, 15) is 0 Å². The number of benzene rings is 4. The fourth-order valence-electron chi connectivity index (χ4n) is 3.35. The van der Waals surface area contributed by atoms with Crippen molar-refractivity contribution in [1.29, 1.82) is 0 Å². The summed E-state index contributed by atoms with van der Waals surface area (Å²) in [5, 5.41) is 5.68. The van der Waals surface area contributed by atoms with Gasteiger partial charge in [-0.05, 0) is 35.0 Å². The molecule has 26 heavy (non-hydrogen) atoms. The van der Waals surface area contributed by atoms with Crippen LogP contribution in [0.5, 0.6) is 0 Å². The first kappa shape index (κ1) is 17.0. The third-order valence-electron chi connectivity index (χ3n) is 4.61. The Labute approximate surface area is 159 Å². The first-order valence-electron chi connectivity index (χ1n) is 8.90. The van der Waals surface area contributed by atoms with Crippen LogP contribution in [0.1, 0.15) is 0 Å². The second-order valence-corrected chi connectivity index (χ2v) is 9.60. The lowest BCUT2D eigenvalue weighted by Gasteiger charge is -2.23. The van der Waals surface area contributed by atoms with E-state index in [2.05, 4.69) is 109 Å². The van der Waals surface area contributed by atoms with Crippen LogP contribution in [-0.4, -0.2) is 10.2 Å². The van der Waals surface area contributed by atoms with Crippen molar-refractivity contribution in [3.8, 4) is 11.1 Å². The maximum atomic E-state index is 2.31. The molecule has 0 amide bonds. The van der Waals surface area contributed by atoms with E-state index in [1.165, 1.54) is 32.2 Å². The van der Waals surface area contributed by atoms with E-state index in [1.54, 1.807) is 0 Å². The Morgan fingerprint density at radius 1 is 0.462 bits per heavy atom. The minimum absolute atomic E-state index is 0.587. The van der Waals surface area contributed by atoms with E-state index in [0.717, 1.165) is 10.2 Å². The maximum absolute atomic E-state index is 2.31. The highest BCUT2D eigenvalue weighted by Crippen LogP contribution is 2.36. The third-order valence-corrected chi connectivity index (χ3v) is 7.98. The number of hydrogen-bond acceptors (Lipinski definition) is 0. The average Bonchev–Trinajstić information content (AvgIpc) is 2.71. The Hall–Kier alpha value is -2.47. The molecular weight excluding hydrogens is 347 g/mol. The van der Waals surface area contributed by atoms with Crippen molar-refractivity contribution < 1.29 is 0 Å². The lowest BCUT2D eigenvalue weighted by Crippen LogP contribution is -2.23. The summed E-state index contributed by atoms with van der Waals surface area (Å²) in [7, 11) is 0.464. The standard InChI is InChI=1S/C24H21PSi/c26-24-18-10-8-16-22(24)21-15-7-9-17-23(21)25(19-11-3-1-4-12-19)20-13-5-2-6-14-20/h1-18H,26H3. The summed E-state index contributed by atoms with van der Waals surface area (Å²) in [5.41, 5.74) is 2.76. The first-order valence-corrected chi connectivity index (χ1v) is 11.2. The molecule has 4 rings (SSSR count). The highest BCUT2D eigenvalue weighted by atomic mass is 31.1. The van der Waals surface area contributed by atoms with Gasteiger partial charge in [0, 0.05) is 10.2 Å². The lowest BCUT2D eigenvalue weighted by molar-refractivity contribution is 1.68. The average molecular weight is 368 g/mol. The van der Waals surface area contributed by atoms with Crippen molar-refractivity contribution in [3.05, 3.63) is 109 Å². The molecule has 0 atom stereocenters. The van der Waals surface area contributed by atoms with Gasteiger partial charge >= 0.3 is 0 Å². The molecule has 0 aliphatic carbocycles. The molecule has 0 aliphatic heterocycles. The minimum atomic E-state index is -0.587. The number of hydrogen-bond donors (Lipinski definition) is 0. The zero-order valence-electron chi connectivity index (χ0n) is 14.8. The molecule has 0 aromatic heterocycles. The molecule has 0 unspecified atom stereocenters. The van der Waals surface area contributed by atoms with Crippen molar-refractivity contribution in [2.24, 2.45) is 0 Å². The van der Waals surface area contributed by atoms with Gasteiger partial charge in [0.15, 0.2) is 0 Å². The predicted molar refractivity (Wildman–Crippen MR) is 120 cm³/mol. The van der Waals surface area contributed by atoms with Crippen LogP contribution in [0.15, 0.2) is 109 Å². The van der Waals surface area contributed by atoms with Crippen LogP contribution in [0.3, 0.4) is 0 Å². The fraction of sp³-hybridized carbons (Fsp3) is 0. The van der Waals surface area contributed by atoms with E-state index in [4.69, 9.17) is 0 Å². The van der Waals surface area contributed by atoms with Gasteiger partial charge in [-0.3, -0.25) is 0 Å². The Morgan fingerprint density at radius 3 is 1.50 bits per heavy atom. The van der Waals surface area contributed by atoms with Gasteiger partial charge < -0.3 is 0 Å². The Morgan fingerprint density at radius 2 is 0.923 bits per heavy atom. The van der Waals surface area contributed by atoms with E-state index in [-0.39, 0.29) is 0 Å². The van der Waals surface area contributed by atoms with E-state index >= 15 is 0 Å². The number of rotatable bonds is 4. The summed E-state index contributed by atoms with van der Waals surface area (Å²) in [5.74, 6) is 0. The lowest BCUT2D eigenvalue weighted by atomic mass is 10.1. The molecule has 126 valence electrons. The predicted octanol–water partition coefficient (Wildman–Crippen LogP) is 3.10. The second-order valence-electron chi connectivity index (χ2n) is 6.34. The molecule has 0 bridgehead atoms. The van der Waals surface area contributed by atoms with Crippen LogP contribution in [-0.2, 0) is 0 Å². The molecule has 0 aliphatic rings. The normalized spacial score (nSPS) is 11.0. The molecule has 0 radical (unpaired) electrons. The zero-order chi connectivity index (χ0) is 17.8. The van der Waals surface area contributed by atoms with E-state index < -0.39 is 7.92 Å². The molecule has 0 N–H and O–H groups in total. The van der Waals surface area contributed by atoms with Crippen LogP contribution < -0.4 is 21.1 Å². The molecule has 4 aromatic rings. The summed E-state index contributed by atoms with van der Waals surface area (Å²) < 4.78 is 0. The zero-order valence-corrected chi connectivity index (χ0v) is 17.7. The van der Waals surface area contributed by atoms with E-state index in [0.29, 0.717) is 0 Å². The second kappa shape index (κ2) is 7.82. The summed E-state index contributed by atoms with van der Waals surface area (Å²) in [6.45, 7) is 0. The molecule has 4 aromatic carbocycles. The van der Waals surface area contributed by atoms with Crippen LogP contribution in [0, 0.1) is 0 Å². The van der Waals surface area contributed by atoms with Crippen molar-refractivity contribution in [3.63, 3.8) is 0 Å². The van der Waals surface area contributed by atoms with Crippen LogP contribution in [0.25, 0.3) is 11.1 Å². The Bertz CT molecular complexity index is 957. The summed E-state index contributed by atoms with van der Waals surface area (Å²) in [4.78, 5) is 0. The largest absolute Gasteiger partial charge is 0.0634 e. The van der Waals surface area contributed by atoms with Crippen molar-refractivity contribution in [2.45, 2.75) is 0 Å². The van der Waals surface area contributed by atoms with Gasteiger partial charge in [0.05, 0.1) is 0 Å². The van der Waals surface area contributed by atoms with Crippen molar-refractivity contribution in [1.82, 2.24) is 0 Å². The molecule has 2 heteroatoms. The third kappa shape index (κ3) is 3.42. The quantitative estimate of drug-likeness (QED) is 0.384. The van der Waals surface area contributed by atoms with Crippen LogP contribution >= 0.6 is 7.92 Å². The minimum Gasteiger partial charge on any atom is -0.0634 e. The van der Waals surface area contributed by atoms with Crippen LogP contribution in [0.2, 0.25) is 0 Å². The topological polar surface area (TPSA) is 0 Å². The van der Waals surface area contributed by atoms with Gasteiger partial charge in [-0.2, -0.15) is 0 Å². The monoisotopic (exact) mass is 368 g/mol. The highest BCUT2D eigenvalue weighted by Gasteiger charge is 2.20. The molecule has 0 nitrogen and oxygen atoms in total. The van der Waals surface area contributed by atoms with Gasteiger partial charge in [-0.25, -0.2) is 0 Å². The van der Waals surface area contributed by atoms with Gasteiger partial charge in [-0.1, -0.05) is 114 Å². The van der Waals surface area contributed by atoms with Crippen molar-refractivity contribution in [2.75, 3.05) is 0 Å². The molecule has 0 spiro atoms. The maximum Gasteiger partial charge on any atom is 0.0393 e. The first-order chi connectivity index (χ1) is 12.8. The summed E-state index contributed by atoms with van der Waals surface area (Å²) >= 11 is 0. The van der Waals surface area contributed by atoms with Gasteiger partial charge in [0.25, 0.3) is 0 Å². The highest BCUT2D eigenvalue weighted by molar-refractivity contribution is 7.80. The SMILES string of the molecule is [SiH3]c1ccccc1-c1ccccc1P(c1ccccc1)c1ccccc1. The smallest absolute Gasteiger partial charge is 0.0393 e. The molecular formula is C24H21PSi. The van der Waals surface area contributed by atoms with Gasteiger partial charge in [0.1, 0.15) is 0 Å². The Kier molecular flexibility index (Phi) is 5.11. The van der Waals surface area contributed by atoms with Gasteiger partial charge in [0.2, 0.25) is 0 Å². The Balaban J connectivity index is 1.95.